The molecule has 1 amide bonds. The summed E-state index contributed by atoms with van der Waals surface area (Å²) in [5, 5.41) is 126. The lowest BCUT2D eigenvalue weighted by Gasteiger charge is -2.51. The van der Waals surface area contributed by atoms with Crippen molar-refractivity contribution in [1.29, 1.82) is 0 Å². The highest BCUT2D eigenvalue weighted by atomic mass is 16.8. The van der Waals surface area contributed by atoms with Gasteiger partial charge in [0.15, 0.2) is 25.2 Å². The van der Waals surface area contributed by atoms with Crippen molar-refractivity contribution in [3.05, 3.63) is 0 Å². The van der Waals surface area contributed by atoms with Gasteiger partial charge in [0.05, 0.1) is 25.9 Å². The minimum Gasteiger partial charge on any atom is -0.394 e. The van der Waals surface area contributed by atoms with Crippen LogP contribution in [0.1, 0.15) is 13.8 Å². The molecule has 4 aliphatic rings. The molecule has 4 rings (SSSR count). The molecule has 13 N–H and O–H groups in total. The van der Waals surface area contributed by atoms with Gasteiger partial charge in [-0.3, -0.25) is 4.79 Å². The van der Waals surface area contributed by atoms with E-state index in [1.54, 1.807) is 0 Å². The van der Waals surface area contributed by atoms with Gasteiger partial charge in [-0.05, 0) is 6.92 Å². The van der Waals surface area contributed by atoms with Gasteiger partial charge in [0.2, 0.25) is 5.91 Å². The average Bonchev–Trinajstić information content (AvgIpc) is 3.04. The van der Waals surface area contributed by atoms with E-state index in [9.17, 15) is 66.1 Å². The predicted molar refractivity (Wildman–Crippen MR) is 144 cm³/mol. The zero-order valence-corrected chi connectivity index (χ0v) is 25.3. The average molecular weight is 692 g/mol. The van der Waals surface area contributed by atoms with Crippen LogP contribution in [0.2, 0.25) is 0 Å². The molecule has 0 aromatic rings. The van der Waals surface area contributed by atoms with Crippen LogP contribution in [0.25, 0.3) is 0 Å². The highest BCUT2D eigenvalue weighted by molar-refractivity contribution is 5.73. The molecule has 47 heavy (non-hydrogen) atoms. The van der Waals surface area contributed by atoms with Crippen molar-refractivity contribution >= 4 is 5.91 Å². The van der Waals surface area contributed by atoms with Crippen molar-refractivity contribution in [2.24, 2.45) is 0 Å². The van der Waals surface area contributed by atoms with Gasteiger partial charge in [-0.15, -0.1) is 0 Å². The standard InChI is InChI=1S/C26H45NO20/c1-6-12(32)15(35)17(37)25(41-6)46-21-11(27-7(2)31)24(47-22-14(34)9(4-29)42-23(40)19(22)39)44-10(5-30)20(21)45-26-18(38)16(36)13(33)8(3-28)43-26/h6,8-26,28-30,32-40H,3-5H2,1-2H3,(H,27,31)/t6-,8+,9+,10+,11+,12+,13-,14+,15+,16-,17-,18+,19-,20+,21+,22-,23?,24-,25-,26-/m0/s1. The molecule has 21 nitrogen and oxygen atoms in total. The summed E-state index contributed by atoms with van der Waals surface area (Å²) in [5.41, 5.74) is 0. The number of hydrogen-bond acceptors (Lipinski definition) is 20. The molecule has 4 saturated heterocycles. The molecule has 274 valence electrons. The highest BCUT2D eigenvalue weighted by Crippen LogP contribution is 2.35. The van der Waals surface area contributed by atoms with Crippen molar-refractivity contribution in [1.82, 2.24) is 5.32 Å². The molecule has 0 saturated carbocycles. The van der Waals surface area contributed by atoms with Crippen LogP contribution in [-0.4, -0.2) is 210 Å². The highest BCUT2D eigenvalue weighted by Gasteiger charge is 2.56. The number of hydrogen-bond donors (Lipinski definition) is 13. The Morgan fingerprint density at radius 2 is 1.04 bits per heavy atom. The maximum absolute atomic E-state index is 12.5. The van der Waals surface area contributed by atoms with Crippen molar-refractivity contribution in [2.45, 2.75) is 137 Å². The number of aliphatic hydroxyl groups excluding tert-OH is 12. The van der Waals surface area contributed by atoms with Gasteiger partial charge in [0.25, 0.3) is 0 Å². The molecule has 1 unspecified atom stereocenters. The minimum absolute atomic E-state index is 0.759. The number of carbonyl (C=O) groups is 1. The minimum atomic E-state index is -1.96. The van der Waals surface area contributed by atoms with E-state index < -0.39 is 148 Å². The molecule has 21 heteroatoms. The number of ether oxygens (including phenoxy) is 7. The second-order valence-corrected chi connectivity index (χ2v) is 11.9. The normalized spacial score (nSPS) is 51.0. The van der Waals surface area contributed by atoms with Gasteiger partial charge >= 0.3 is 0 Å². The molecule has 4 heterocycles. The van der Waals surface area contributed by atoms with Crippen LogP contribution in [0.5, 0.6) is 0 Å². The van der Waals surface area contributed by atoms with Gasteiger partial charge in [-0.2, -0.15) is 0 Å². The summed E-state index contributed by atoms with van der Waals surface area (Å²) in [4.78, 5) is 12.5. The van der Waals surface area contributed by atoms with E-state index in [0.29, 0.717) is 0 Å². The third kappa shape index (κ3) is 8.04. The molecule has 0 bridgehead atoms. The lowest BCUT2D eigenvalue weighted by Crippen LogP contribution is -2.71. The lowest BCUT2D eigenvalue weighted by molar-refractivity contribution is -0.384. The van der Waals surface area contributed by atoms with E-state index in [1.807, 2.05) is 0 Å². The zero-order valence-electron chi connectivity index (χ0n) is 25.3. The first-order chi connectivity index (χ1) is 22.1. The van der Waals surface area contributed by atoms with E-state index in [4.69, 9.17) is 33.2 Å². The van der Waals surface area contributed by atoms with Crippen LogP contribution in [0.15, 0.2) is 0 Å². The SMILES string of the molecule is CC(=O)N[C@H]1[C@H](O[C@H]2[C@H](O)[C@@H](CO)OC(O)[C@H]2O)O[C@H](CO)[C@@H](O[C@@H]2O[C@H](CO)[C@H](O)[C@H](O)[C@H]2O)[C@@H]1O[C@@H]1O[C@@H](C)[C@@H](O)[C@@H](O)[C@@H]1O. The van der Waals surface area contributed by atoms with E-state index in [-0.39, 0.29) is 0 Å². The van der Waals surface area contributed by atoms with Crippen LogP contribution in [0, 0.1) is 0 Å². The van der Waals surface area contributed by atoms with Crippen LogP contribution >= 0.6 is 0 Å². The van der Waals surface area contributed by atoms with Crippen LogP contribution in [0.4, 0.5) is 0 Å². The molecule has 0 spiro atoms. The van der Waals surface area contributed by atoms with Crippen molar-refractivity contribution in [3.8, 4) is 0 Å². The van der Waals surface area contributed by atoms with Gasteiger partial charge < -0.3 is 99.8 Å². The summed E-state index contributed by atoms with van der Waals surface area (Å²) in [7, 11) is 0. The fourth-order valence-corrected chi connectivity index (χ4v) is 5.88. The molecule has 4 fully saturated rings. The van der Waals surface area contributed by atoms with Crippen molar-refractivity contribution < 1.29 is 99.2 Å². The molecule has 0 aromatic heterocycles. The maximum Gasteiger partial charge on any atom is 0.217 e. The van der Waals surface area contributed by atoms with Crippen LogP contribution in [0.3, 0.4) is 0 Å². The monoisotopic (exact) mass is 691 g/mol. The Morgan fingerprint density at radius 1 is 0.553 bits per heavy atom. The Labute approximate surface area is 267 Å². The third-order valence-corrected chi connectivity index (χ3v) is 8.57. The number of aliphatic hydroxyl groups is 12. The quantitative estimate of drug-likeness (QED) is 0.101. The van der Waals surface area contributed by atoms with Gasteiger partial charge in [0, 0.05) is 6.92 Å². The number of carbonyl (C=O) groups excluding carboxylic acids is 1. The van der Waals surface area contributed by atoms with Gasteiger partial charge in [0.1, 0.15) is 91.5 Å². The fourth-order valence-electron chi connectivity index (χ4n) is 5.88. The summed E-state index contributed by atoms with van der Waals surface area (Å²) < 4.78 is 39.5. The molecular formula is C26H45NO20. The Morgan fingerprint density at radius 3 is 1.62 bits per heavy atom. The van der Waals surface area contributed by atoms with E-state index in [0.717, 1.165) is 6.92 Å². The Hall–Kier alpha value is -1.29. The summed E-state index contributed by atoms with van der Waals surface area (Å²) in [6.07, 6.45) is -32.7. The van der Waals surface area contributed by atoms with Crippen LogP contribution < -0.4 is 5.32 Å². The Bertz CT molecular complexity index is 1010. The number of rotatable bonds is 10. The maximum atomic E-state index is 12.5. The molecule has 0 radical (unpaired) electrons. The summed E-state index contributed by atoms with van der Waals surface area (Å²) in [6, 6.07) is -1.60. The lowest BCUT2D eigenvalue weighted by atomic mass is 9.93. The smallest absolute Gasteiger partial charge is 0.217 e. The molecule has 4 aliphatic heterocycles. The summed E-state index contributed by atoms with van der Waals surface area (Å²) in [5.74, 6) is -0.759. The van der Waals surface area contributed by atoms with Crippen LogP contribution in [-0.2, 0) is 38.0 Å². The first-order valence-electron chi connectivity index (χ1n) is 15.0. The first kappa shape index (κ1) is 38.5. The van der Waals surface area contributed by atoms with E-state index in [1.165, 1.54) is 6.92 Å². The number of nitrogens with one attached hydrogen (secondary N) is 1. The van der Waals surface area contributed by atoms with Crippen molar-refractivity contribution in [3.63, 3.8) is 0 Å². The van der Waals surface area contributed by atoms with Gasteiger partial charge in [-0.1, -0.05) is 0 Å². The second-order valence-electron chi connectivity index (χ2n) is 11.9. The summed E-state index contributed by atoms with van der Waals surface area (Å²) >= 11 is 0. The zero-order chi connectivity index (χ0) is 34.9. The van der Waals surface area contributed by atoms with Crippen molar-refractivity contribution in [2.75, 3.05) is 19.8 Å². The number of amides is 1. The third-order valence-electron chi connectivity index (χ3n) is 8.57. The predicted octanol–water partition coefficient (Wildman–Crippen LogP) is -8.58. The molecule has 0 aromatic carbocycles. The van der Waals surface area contributed by atoms with E-state index >= 15 is 0 Å². The van der Waals surface area contributed by atoms with Gasteiger partial charge in [-0.25, -0.2) is 0 Å². The first-order valence-corrected chi connectivity index (χ1v) is 15.0. The largest absolute Gasteiger partial charge is 0.394 e. The Kier molecular flexibility index (Phi) is 13.2. The van der Waals surface area contributed by atoms with E-state index in [2.05, 4.69) is 5.32 Å². The summed E-state index contributed by atoms with van der Waals surface area (Å²) in [6.45, 7) is -0.142. The molecular weight excluding hydrogens is 646 g/mol. The Balaban J connectivity index is 1.73. The fraction of sp³-hybridized carbons (Fsp3) is 0.962. The second kappa shape index (κ2) is 16.2. The topological polar surface area (TPSA) is 336 Å². The molecule has 20 atom stereocenters. The molecule has 0 aliphatic carbocycles.